The number of thiophene rings is 1. The molecule has 6 nitrogen and oxygen atoms in total. The Morgan fingerprint density at radius 1 is 1.10 bits per heavy atom. The SMILES string of the molecule is N#Cc1c(NCC(=O)c2ccc(S(=O)(=O)N3CCCC3)cc2)sc2c1CCCC2. The van der Waals surface area contributed by atoms with Gasteiger partial charge in [0.05, 0.1) is 17.0 Å². The van der Waals surface area contributed by atoms with Gasteiger partial charge in [0.15, 0.2) is 5.78 Å². The van der Waals surface area contributed by atoms with Crippen molar-refractivity contribution in [1.29, 1.82) is 5.26 Å². The average molecular weight is 430 g/mol. The van der Waals surface area contributed by atoms with Crippen LogP contribution in [0, 0.1) is 11.3 Å². The fraction of sp³-hybridized carbons (Fsp3) is 0.429. The third kappa shape index (κ3) is 3.95. The molecule has 2 aromatic rings. The number of carbonyl (C=O) groups is 1. The van der Waals surface area contributed by atoms with E-state index in [0.29, 0.717) is 24.2 Å². The van der Waals surface area contributed by atoms with Gasteiger partial charge in [0, 0.05) is 23.5 Å². The van der Waals surface area contributed by atoms with Gasteiger partial charge in [-0.2, -0.15) is 9.57 Å². The van der Waals surface area contributed by atoms with Gasteiger partial charge in [-0.25, -0.2) is 8.42 Å². The molecule has 0 saturated carbocycles. The second kappa shape index (κ2) is 8.27. The molecule has 1 N–H and O–H groups in total. The predicted molar refractivity (Wildman–Crippen MR) is 113 cm³/mol. The Kier molecular flexibility index (Phi) is 5.72. The number of hydrogen-bond acceptors (Lipinski definition) is 6. The largest absolute Gasteiger partial charge is 0.368 e. The molecule has 0 amide bonds. The first-order valence-corrected chi connectivity index (χ1v) is 12.2. The van der Waals surface area contributed by atoms with Crippen LogP contribution in [0.4, 0.5) is 5.00 Å². The summed E-state index contributed by atoms with van der Waals surface area (Å²) in [4.78, 5) is 14.1. The number of ketones is 1. The first kappa shape index (κ1) is 20.1. The zero-order chi connectivity index (χ0) is 20.4. The number of benzene rings is 1. The molecule has 2 heterocycles. The van der Waals surface area contributed by atoms with E-state index in [4.69, 9.17) is 0 Å². The highest BCUT2D eigenvalue weighted by Gasteiger charge is 2.27. The van der Waals surface area contributed by atoms with Gasteiger partial charge in [0.25, 0.3) is 0 Å². The summed E-state index contributed by atoms with van der Waals surface area (Å²) < 4.78 is 26.7. The number of nitrogens with zero attached hydrogens (tertiary/aromatic N) is 2. The highest BCUT2D eigenvalue weighted by Crippen LogP contribution is 2.37. The Morgan fingerprint density at radius 3 is 2.48 bits per heavy atom. The zero-order valence-corrected chi connectivity index (χ0v) is 17.7. The van der Waals surface area contributed by atoms with Crippen LogP contribution in [0.2, 0.25) is 0 Å². The maximum absolute atomic E-state index is 12.6. The number of Topliss-reactive ketones (excluding diaryl/α,β-unsaturated/α-hetero) is 1. The van der Waals surface area contributed by atoms with Crippen molar-refractivity contribution in [3.05, 3.63) is 45.8 Å². The standard InChI is InChI=1S/C21H23N3O3S2/c22-13-18-17-5-1-2-6-20(17)28-21(18)23-14-19(25)15-7-9-16(10-8-15)29(26,27)24-11-3-4-12-24/h7-10,23H,1-6,11-12,14H2. The van der Waals surface area contributed by atoms with Gasteiger partial charge in [-0.1, -0.05) is 0 Å². The summed E-state index contributed by atoms with van der Waals surface area (Å²) in [6.45, 7) is 1.18. The highest BCUT2D eigenvalue weighted by atomic mass is 32.2. The average Bonchev–Trinajstić information content (AvgIpc) is 3.40. The van der Waals surface area contributed by atoms with Crippen molar-refractivity contribution < 1.29 is 13.2 Å². The van der Waals surface area contributed by atoms with Crippen molar-refractivity contribution in [2.45, 2.75) is 43.4 Å². The number of aryl methyl sites for hydroxylation is 1. The van der Waals surface area contributed by atoms with Crippen LogP contribution in [0.1, 0.15) is 52.0 Å². The Hall–Kier alpha value is -2.21. The summed E-state index contributed by atoms with van der Waals surface area (Å²) in [6.07, 6.45) is 5.94. The van der Waals surface area contributed by atoms with Gasteiger partial charge in [-0.15, -0.1) is 11.3 Å². The van der Waals surface area contributed by atoms with Crippen LogP contribution in [0.25, 0.3) is 0 Å². The molecule has 1 aliphatic carbocycles. The molecule has 0 bridgehead atoms. The molecule has 152 valence electrons. The second-order valence-electron chi connectivity index (χ2n) is 7.44. The number of anilines is 1. The van der Waals surface area contributed by atoms with Crippen LogP contribution in [0.5, 0.6) is 0 Å². The minimum atomic E-state index is -3.48. The van der Waals surface area contributed by atoms with Gasteiger partial charge in [-0.3, -0.25) is 4.79 Å². The van der Waals surface area contributed by atoms with Gasteiger partial charge < -0.3 is 5.32 Å². The second-order valence-corrected chi connectivity index (χ2v) is 10.5. The predicted octanol–water partition coefficient (Wildman–Crippen LogP) is 3.58. The van der Waals surface area contributed by atoms with E-state index in [2.05, 4.69) is 11.4 Å². The monoisotopic (exact) mass is 429 g/mol. The molecule has 1 saturated heterocycles. The summed E-state index contributed by atoms with van der Waals surface area (Å²) >= 11 is 1.57. The van der Waals surface area contributed by atoms with Crippen molar-refractivity contribution in [2.75, 3.05) is 25.0 Å². The van der Waals surface area contributed by atoms with Crippen LogP contribution in [0.15, 0.2) is 29.2 Å². The number of sulfonamides is 1. The molecule has 2 aliphatic rings. The van der Waals surface area contributed by atoms with Crippen molar-refractivity contribution in [1.82, 2.24) is 4.31 Å². The molecule has 8 heteroatoms. The Labute approximate surface area is 175 Å². The van der Waals surface area contributed by atoms with Gasteiger partial charge in [0.2, 0.25) is 10.0 Å². The molecule has 0 unspecified atom stereocenters. The van der Waals surface area contributed by atoms with Crippen molar-refractivity contribution in [3.8, 4) is 6.07 Å². The summed E-state index contributed by atoms with van der Waals surface area (Å²) in [5.74, 6) is -0.134. The smallest absolute Gasteiger partial charge is 0.243 e. The summed E-state index contributed by atoms with van der Waals surface area (Å²) in [5, 5.41) is 13.4. The van der Waals surface area contributed by atoms with Gasteiger partial charge in [-0.05, 0) is 68.4 Å². The van der Waals surface area contributed by atoms with E-state index in [1.807, 2.05) is 0 Å². The molecule has 1 aliphatic heterocycles. The van der Waals surface area contributed by atoms with E-state index in [9.17, 15) is 18.5 Å². The van der Waals surface area contributed by atoms with Crippen molar-refractivity contribution >= 4 is 32.1 Å². The van der Waals surface area contributed by atoms with E-state index < -0.39 is 10.0 Å². The third-order valence-corrected chi connectivity index (χ3v) is 8.73. The van der Waals surface area contributed by atoms with Gasteiger partial charge in [0.1, 0.15) is 11.1 Å². The maximum atomic E-state index is 12.6. The van der Waals surface area contributed by atoms with Gasteiger partial charge >= 0.3 is 0 Å². The first-order valence-electron chi connectivity index (χ1n) is 9.92. The van der Waals surface area contributed by atoms with Crippen LogP contribution in [-0.2, 0) is 22.9 Å². The van der Waals surface area contributed by atoms with E-state index in [0.717, 1.165) is 49.1 Å². The zero-order valence-electron chi connectivity index (χ0n) is 16.1. The lowest BCUT2D eigenvalue weighted by atomic mass is 9.96. The number of nitrogens with one attached hydrogen (secondary N) is 1. The Bertz CT molecular complexity index is 1060. The lowest BCUT2D eigenvalue weighted by Crippen LogP contribution is -2.27. The molecule has 1 fully saturated rings. The lowest BCUT2D eigenvalue weighted by Gasteiger charge is -2.15. The molecule has 29 heavy (non-hydrogen) atoms. The normalized spacial score (nSPS) is 16.9. The van der Waals surface area contributed by atoms with Crippen molar-refractivity contribution in [2.24, 2.45) is 0 Å². The molecule has 4 rings (SSSR count). The number of hydrogen-bond donors (Lipinski definition) is 1. The molecule has 1 aromatic carbocycles. The fourth-order valence-electron chi connectivity index (χ4n) is 3.96. The minimum absolute atomic E-state index is 0.0757. The first-order chi connectivity index (χ1) is 14.0. The number of nitriles is 1. The topological polar surface area (TPSA) is 90.3 Å². The van der Waals surface area contributed by atoms with Crippen LogP contribution in [0.3, 0.4) is 0 Å². The van der Waals surface area contributed by atoms with Crippen LogP contribution < -0.4 is 5.32 Å². The highest BCUT2D eigenvalue weighted by molar-refractivity contribution is 7.89. The van der Waals surface area contributed by atoms with E-state index in [-0.39, 0.29) is 17.2 Å². The number of rotatable bonds is 6. The van der Waals surface area contributed by atoms with E-state index in [1.54, 1.807) is 23.5 Å². The summed E-state index contributed by atoms with van der Waals surface area (Å²) in [5.41, 5.74) is 2.26. The number of carbonyl (C=O) groups excluding carboxylic acids is 1. The van der Waals surface area contributed by atoms with Crippen LogP contribution in [-0.4, -0.2) is 38.1 Å². The Balaban J connectivity index is 1.44. The summed E-state index contributed by atoms with van der Waals surface area (Å²) in [6, 6.07) is 8.43. The molecular weight excluding hydrogens is 406 g/mol. The molecular formula is C21H23N3O3S2. The third-order valence-electron chi connectivity index (χ3n) is 5.57. The number of fused-ring (bicyclic) bond motifs is 1. The molecule has 0 atom stereocenters. The van der Waals surface area contributed by atoms with E-state index >= 15 is 0 Å². The quantitative estimate of drug-likeness (QED) is 0.709. The lowest BCUT2D eigenvalue weighted by molar-refractivity contribution is 0.101. The molecule has 0 spiro atoms. The Morgan fingerprint density at radius 2 is 1.79 bits per heavy atom. The fourth-order valence-corrected chi connectivity index (χ4v) is 6.71. The molecule has 0 radical (unpaired) electrons. The summed E-state index contributed by atoms with van der Waals surface area (Å²) in [7, 11) is -3.48. The molecule has 1 aromatic heterocycles. The minimum Gasteiger partial charge on any atom is -0.368 e. The maximum Gasteiger partial charge on any atom is 0.243 e. The van der Waals surface area contributed by atoms with Crippen LogP contribution >= 0.6 is 11.3 Å². The van der Waals surface area contributed by atoms with Crippen molar-refractivity contribution in [3.63, 3.8) is 0 Å². The van der Waals surface area contributed by atoms with E-state index in [1.165, 1.54) is 21.3 Å².